The number of nitrogens with zero attached hydrogens (tertiary/aromatic N) is 5. The van der Waals surface area contributed by atoms with Crippen LogP contribution in [-0.4, -0.2) is 50.0 Å². The van der Waals surface area contributed by atoms with Gasteiger partial charge in [0, 0.05) is 29.9 Å². The minimum absolute atomic E-state index is 0.0378. The number of likely N-dealkylation sites (tertiary alicyclic amines) is 1. The molecule has 8 nitrogen and oxygen atoms in total. The molecule has 1 aliphatic rings. The highest BCUT2D eigenvalue weighted by Crippen LogP contribution is 2.16. The number of anilines is 1. The molecule has 148 valence electrons. The van der Waals surface area contributed by atoms with Crippen LogP contribution in [0.2, 0.25) is 0 Å². The maximum atomic E-state index is 12.4. The molecule has 2 aromatic carbocycles. The highest BCUT2D eigenvalue weighted by Gasteiger charge is 2.19. The lowest BCUT2D eigenvalue weighted by atomic mass is 10.1. The molecule has 2 heterocycles. The number of benzene rings is 2. The molecule has 0 aliphatic carbocycles. The first-order valence-corrected chi connectivity index (χ1v) is 9.62. The van der Waals surface area contributed by atoms with E-state index < -0.39 is 0 Å². The van der Waals surface area contributed by atoms with E-state index in [1.807, 2.05) is 36.1 Å². The van der Waals surface area contributed by atoms with Gasteiger partial charge >= 0.3 is 0 Å². The van der Waals surface area contributed by atoms with Gasteiger partial charge in [0.05, 0.1) is 0 Å². The van der Waals surface area contributed by atoms with E-state index in [9.17, 15) is 9.59 Å². The van der Waals surface area contributed by atoms with Crippen molar-refractivity contribution in [2.45, 2.75) is 26.3 Å². The number of tetrazole rings is 1. The Balaban J connectivity index is 1.35. The van der Waals surface area contributed by atoms with Crippen LogP contribution in [0.15, 0.2) is 48.5 Å². The predicted molar refractivity (Wildman–Crippen MR) is 108 cm³/mol. The van der Waals surface area contributed by atoms with Gasteiger partial charge in [-0.15, -0.1) is 10.2 Å². The minimum Gasteiger partial charge on any atom is -0.339 e. The van der Waals surface area contributed by atoms with E-state index in [1.54, 1.807) is 24.3 Å². The molecule has 0 unspecified atom stereocenters. The van der Waals surface area contributed by atoms with Crippen LogP contribution in [-0.2, 0) is 11.3 Å². The molecule has 29 heavy (non-hydrogen) atoms. The average molecular weight is 390 g/mol. The third kappa shape index (κ3) is 4.48. The van der Waals surface area contributed by atoms with Crippen molar-refractivity contribution in [2.75, 3.05) is 18.4 Å². The number of aromatic nitrogens is 4. The Morgan fingerprint density at radius 2 is 1.69 bits per heavy atom. The van der Waals surface area contributed by atoms with Gasteiger partial charge < -0.3 is 10.2 Å². The molecule has 2 amide bonds. The lowest BCUT2D eigenvalue weighted by Gasteiger charge is -2.15. The fourth-order valence-corrected chi connectivity index (χ4v) is 3.26. The summed E-state index contributed by atoms with van der Waals surface area (Å²) in [7, 11) is 0. The van der Waals surface area contributed by atoms with Crippen molar-refractivity contribution in [3.05, 3.63) is 59.7 Å². The van der Waals surface area contributed by atoms with Gasteiger partial charge in [-0.1, -0.05) is 29.8 Å². The molecular formula is C21H22N6O2. The number of carbonyl (C=O) groups is 2. The SMILES string of the molecule is Cc1ccc(-c2nnn(CC(=O)Nc3ccc(C(=O)N4CCCC4)cc3)n2)cc1. The van der Waals surface area contributed by atoms with E-state index in [-0.39, 0.29) is 18.4 Å². The van der Waals surface area contributed by atoms with Gasteiger partial charge in [-0.2, -0.15) is 4.80 Å². The Labute approximate surface area is 168 Å². The van der Waals surface area contributed by atoms with Crippen LogP contribution in [0.25, 0.3) is 11.4 Å². The molecule has 3 aromatic rings. The Morgan fingerprint density at radius 1 is 1.00 bits per heavy atom. The van der Waals surface area contributed by atoms with Crippen LogP contribution in [0.3, 0.4) is 0 Å². The first-order valence-electron chi connectivity index (χ1n) is 9.62. The second kappa shape index (κ2) is 8.22. The molecule has 8 heteroatoms. The van der Waals surface area contributed by atoms with Crippen molar-refractivity contribution in [1.82, 2.24) is 25.1 Å². The van der Waals surface area contributed by atoms with Crippen LogP contribution < -0.4 is 5.32 Å². The lowest BCUT2D eigenvalue weighted by molar-refractivity contribution is -0.117. The van der Waals surface area contributed by atoms with E-state index in [4.69, 9.17) is 0 Å². The molecule has 1 saturated heterocycles. The fourth-order valence-electron chi connectivity index (χ4n) is 3.26. The van der Waals surface area contributed by atoms with Gasteiger partial charge in [0.25, 0.3) is 5.91 Å². The Hall–Kier alpha value is -3.55. The number of carbonyl (C=O) groups excluding carboxylic acids is 2. The lowest BCUT2D eigenvalue weighted by Crippen LogP contribution is -2.27. The van der Waals surface area contributed by atoms with Crippen LogP contribution in [0.5, 0.6) is 0 Å². The summed E-state index contributed by atoms with van der Waals surface area (Å²) >= 11 is 0. The van der Waals surface area contributed by atoms with Gasteiger partial charge in [0.1, 0.15) is 6.54 Å². The molecular weight excluding hydrogens is 368 g/mol. The molecule has 1 aliphatic heterocycles. The van der Waals surface area contributed by atoms with Gasteiger partial charge in [-0.3, -0.25) is 9.59 Å². The van der Waals surface area contributed by atoms with Crippen LogP contribution in [0.1, 0.15) is 28.8 Å². The number of hydrogen-bond donors (Lipinski definition) is 1. The third-order valence-corrected chi connectivity index (χ3v) is 4.86. The molecule has 0 spiro atoms. The minimum atomic E-state index is -0.267. The highest BCUT2D eigenvalue weighted by molar-refractivity contribution is 5.95. The molecule has 0 bridgehead atoms. The van der Waals surface area contributed by atoms with Crippen LogP contribution in [0.4, 0.5) is 5.69 Å². The summed E-state index contributed by atoms with van der Waals surface area (Å²) in [6.45, 7) is 3.58. The summed E-state index contributed by atoms with van der Waals surface area (Å²) in [6, 6.07) is 14.7. The van der Waals surface area contributed by atoms with Gasteiger partial charge in [0.15, 0.2) is 0 Å². The molecule has 1 N–H and O–H groups in total. The van der Waals surface area contributed by atoms with Gasteiger partial charge in [0.2, 0.25) is 11.7 Å². The second-order valence-corrected chi connectivity index (χ2v) is 7.13. The summed E-state index contributed by atoms with van der Waals surface area (Å²) in [4.78, 5) is 27.8. The summed E-state index contributed by atoms with van der Waals surface area (Å²) in [5.41, 5.74) is 3.24. The zero-order chi connectivity index (χ0) is 20.2. The smallest absolute Gasteiger partial charge is 0.253 e. The highest BCUT2D eigenvalue weighted by atomic mass is 16.2. The number of aryl methyl sites for hydroxylation is 1. The number of hydrogen-bond acceptors (Lipinski definition) is 5. The van der Waals surface area contributed by atoms with Crippen molar-refractivity contribution < 1.29 is 9.59 Å². The largest absolute Gasteiger partial charge is 0.339 e. The summed E-state index contributed by atoms with van der Waals surface area (Å²) < 4.78 is 0. The fraction of sp³-hybridized carbons (Fsp3) is 0.286. The van der Waals surface area contributed by atoms with Crippen molar-refractivity contribution in [2.24, 2.45) is 0 Å². The zero-order valence-corrected chi connectivity index (χ0v) is 16.2. The van der Waals surface area contributed by atoms with Crippen LogP contribution in [0, 0.1) is 6.92 Å². The Morgan fingerprint density at radius 3 is 2.38 bits per heavy atom. The summed E-state index contributed by atoms with van der Waals surface area (Å²) in [5, 5.41) is 15.0. The summed E-state index contributed by atoms with van der Waals surface area (Å²) in [6.07, 6.45) is 2.11. The van der Waals surface area contributed by atoms with Crippen molar-refractivity contribution in [1.29, 1.82) is 0 Å². The molecule has 0 saturated carbocycles. The van der Waals surface area contributed by atoms with Crippen molar-refractivity contribution in [3.63, 3.8) is 0 Å². The van der Waals surface area contributed by atoms with E-state index in [1.165, 1.54) is 4.80 Å². The quantitative estimate of drug-likeness (QED) is 0.723. The normalized spacial score (nSPS) is 13.5. The average Bonchev–Trinajstić information content (AvgIpc) is 3.41. The van der Waals surface area contributed by atoms with E-state index in [2.05, 4.69) is 20.7 Å². The standard InChI is InChI=1S/C21H22N6O2/c1-15-4-6-16(7-5-15)20-23-25-27(24-20)14-19(28)22-18-10-8-17(9-11-18)21(29)26-12-2-3-13-26/h4-11H,2-3,12-14H2,1H3,(H,22,28). The monoisotopic (exact) mass is 390 g/mol. The zero-order valence-electron chi connectivity index (χ0n) is 16.2. The topological polar surface area (TPSA) is 93.0 Å². The molecule has 0 atom stereocenters. The van der Waals surface area contributed by atoms with Crippen LogP contribution >= 0.6 is 0 Å². The van der Waals surface area contributed by atoms with Gasteiger partial charge in [-0.05, 0) is 49.2 Å². The molecule has 4 rings (SSSR count). The van der Waals surface area contributed by atoms with E-state index in [0.717, 1.165) is 37.1 Å². The molecule has 1 fully saturated rings. The third-order valence-electron chi connectivity index (χ3n) is 4.86. The Kier molecular flexibility index (Phi) is 5.33. The first kappa shape index (κ1) is 18.8. The summed E-state index contributed by atoms with van der Waals surface area (Å²) in [5.74, 6) is 0.245. The van der Waals surface area contributed by atoms with Crippen molar-refractivity contribution >= 4 is 17.5 Å². The maximum absolute atomic E-state index is 12.4. The van der Waals surface area contributed by atoms with Gasteiger partial charge in [-0.25, -0.2) is 0 Å². The van der Waals surface area contributed by atoms with E-state index >= 15 is 0 Å². The molecule has 0 radical (unpaired) electrons. The van der Waals surface area contributed by atoms with Crippen molar-refractivity contribution in [3.8, 4) is 11.4 Å². The number of nitrogens with one attached hydrogen (secondary N) is 1. The second-order valence-electron chi connectivity index (χ2n) is 7.13. The van der Waals surface area contributed by atoms with E-state index in [0.29, 0.717) is 17.1 Å². The Bertz CT molecular complexity index is 1000. The first-order chi connectivity index (χ1) is 14.1. The molecule has 1 aromatic heterocycles. The predicted octanol–water partition coefficient (Wildman–Crippen LogP) is 2.52. The maximum Gasteiger partial charge on any atom is 0.253 e. The number of rotatable bonds is 5. The number of amides is 2.